The summed E-state index contributed by atoms with van der Waals surface area (Å²) in [6.07, 6.45) is 0. The predicted molar refractivity (Wildman–Crippen MR) is 407 cm³/mol. The molecule has 0 amide bonds. The van der Waals surface area contributed by atoms with Crippen LogP contribution in [-0.4, -0.2) is 20.1 Å². The van der Waals surface area contributed by atoms with Crippen molar-refractivity contribution in [1.29, 1.82) is 0 Å². The third kappa shape index (κ3) is 9.47. The van der Waals surface area contributed by atoms with Crippen molar-refractivity contribution in [2.45, 2.75) is 131 Å². The van der Waals surface area contributed by atoms with Crippen LogP contribution in [0.25, 0.3) is 0 Å². The molecule has 0 spiro atoms. The lowest BCUT2D eigenvalue weighted by molar-refractivity contribution is 0.432. The molecule has 0 saturated carbocycles. The summed E-state index contributed by atoms with van der Waals surface area (Å²) in [6, 6.07) is 45.4. The molecule has 103 heavy (non-hydrogen) atoms. The second-order valence-corrected chi connectivity index (χ2v) is 34.1. The van der Waals surface area contributed by atoms with Gasteiger partial charge < -0.3 is 29.2 Å². The van der Waals surface area contributed by atoms with Crippen LogP contribution >= 0.6 is 0 Å². The van der Waals surface area contributed by atoms with E-state index in [9.17, 15) is 0 Å². The molecule has 18 rings (SSSR count). The number of nitrogens with zero attached hydrogens (tertiary/aromatic N) is 5. The maximum absolute atomic E-state index is 16.9. The van der Waals surface area contributed by atoms with Crippen LogP contribution in [0.2, 0.25) is 0 Å². The first kappa shape index (κ1) is 64.9. The van der Waals surface area contributed by atoms with Crippen LogP contribution in [0.3, 0.4) is 0 Å². The molecule has 7 heterocycles. The van der Waals surface area contributed by atoms with E-state index in [4.69, 9.17) is 4.74 Å². The van der Waals surface area contributed by atoms with Gasteiger partial charge in [-0.1, -0.05) is 158 Å². The highest BCUT2D eigenvalue weighted by atomic mass is 19.2. The van der Waals surface area contributed by atoms with Gasteiger partial charge >= 0.3 is 0 Å². The smallest absolute Gasteiger partial charge is 0.252 e. The van der Waals surface area contributed by atoms with E-state index in [1.54, 1.807) is 0 Å². The molecule has 6 nitrogen and oxygen atoms in total. The number of halogens is 8. The molecule has 11 aromatic rings. The Labute approximate surface area is 596 Å². The Morgan fingerprint density at radius 3 is 0.854 bits per heavy atom. The minimum absolute atomic E-state index is 0.0997. The third-order valence-electron chi connectivity index (χ3n) is 22.2. The first-order valence-corrected chi connectivity index (χ1v) is 35.2. The van der Waals surface area contributed by atoms with Crippen LogP contribution in [-0.2, 0) is 27.1 Å². The van der Waals surface area contributed by atoms with Gasteiger partial charge in [-0.25, -0.2) is 35.1 Å². The standard InChI is InChI=1S/C86H72B3F8N5O/c1-82(2,3)43-16-20-60-66(24-43)99(55-34-48(92)29-49(93)35-55)72-42-73-76-79-75(72)87(60)62-22-18-58(85(10,11)12)80-77(62)102(79)78-63(23-19-59(81(78)103-80)86(13,14)15)89(76)65-40-64-68(41-69(65)101(73)57-38-52(96)31-53(97)39-57)100(56-36-50(94)30-51(95)37-56)71-27-45(84(7,8)9)26-70-74(71)88(64)61-21-17-44(83(4,5)6)25-67(61)98(70)54-32-46(90)28-47(91)33-54/h16-42H,1-15H3. The lowest BCUT2D eigenvalue weighted by atomic mass is 9.27. The van der Waals surface area contributed by atoms with Gasteiger partial charge in [0.15, 0.2) is 11.5 Å². The van der Waals surface area contributed by atoms with E-state index in [1.807, 2.05) is 37.8 Å². The van der Waals surface area contributed by atoms with Crippen LogP contribution in [0.1, 0.15) is 132 Å². The van der Waals surface area contributed by atoms with Gasteiger partial charge in [-0.3, -0.25) is 0 Å². The molecule has 7 aliphatic rings. The number of benzene rings is 11. The van der Waals surface area contributed by atoms with E-state index in [2.05, 4.69) is 182 Å². The van der Waals surface area contributed by atoms with Crippen LogP contribution in [0.4, 0.5) is 120 Å². The molecule has 0 atom stereocenters. The van der Waals surface area contributed by atoms with Crippen molar-refractivity contribution in [3.05, 3.63) is 238 Å². The molecule has 7 aliphatic heterocycles. The molecule has 0 bridgehead atoms. The number of anilines is 15. The quantitative estimate of drug-likeness (QED) is 0.129. The molecule has 11 aromatic carbocycles. The fourth-order valence-electron chi connectivity index (χ4n) is 17.6. The highest BCUT2D eigenvalue weighted by molar-refractivity contribution is 7.06. The Balaban J connectivity index is 1.04. The summed E-state index contributed by atoms with van der Waals surface area (Å²) in [6.45, 7) is 29.9. The van der Waals surface area contributed by atoms with Gasteiger partial charge in [0.1, 0.15) is 46.5 Å². The van der Waals surface area contributed by atoms with Gasteiger partial charge in [0.25, 0.3) is 20.1 Å². The number of hydrogen-bond donors (Lipinski definition) is 0. The fraction of sp³-hybridized carbons (Fsp3) is 0.233. The molecule has 0 fully saturated rings. The van der Waals surface area contributed by atoms with E-state index in [0.717, 1.165) is 102 Å². The van der Waals surface area contributed by atoms with Crippen LogP contribution in [0, 0.1) is 46.5 Å². The topological polar surface area (TPSA) is 25.4 Å². The SMILES string of the molecule is CC(C)(C)c1ccc2c(c1)N(c1cc(F)cc(F)c1)c1cc(C(C)(C)C)cc3c1B2c1cc2c(cc1N3c1cc(F)cc(F)c1)N(c1cc(F)cc(F)c1)c1cc3c4c5c1B2c1ccc(C(C)(C)C)c2c1N5c1c(ccc(C(C)(C)C)c1O2)B4c1ccc(C(C)(C)C)cc1N3c1cc(F)cc(F)c1. The average Bonchev–Trinajstić information content (AvgIpc) is 0.657. The Bertz CT molecular complexity index is 5580. The second kappa shape index (κ2) is 21.3. The summed E-state index contributed by atoms with van der Waals surface area (Å²) in [5.41, 5.74) is 16.7. The van der Waals surface area contributed by atoms with Crippen molar-refractivity contribution in [3.8, 4) is 11.5 Å². The molecule has 512 valence electrons. The van der Waals surface area contributed by atoms with Gasteiger partial charge in [0.2, 0.25) is 0 Å². The highest BCUT2D eigenvalue weighted by Gasteiger charge is 2.57. The summed E-state index contributed by atoms with van der Waals surface area (Å²) in [5, 5.41) is 0. The molecule has 0 radical (unpaired) electrons. The Morgan fingerprint density at radius 2 is 0.524 bits per heavy atom. The zero-order valence-electron chi connectivity index (χ0n) is 60.0. The molecule has 0 unspecified atom stereocenters. The van der Waals surface area contributed by atoms with E-state index in [0.29, 0.717) is 73.4 Å². The molecule has 0 N–H and O–H groups in total. The maximum Gasteiger partial charge on any atom is 0.252 e. The van der Waals surface area contributed by atoms with Gasteiger partial charge in [0.05, 0.1) is 34.1 Å². The largest absolute Gasteiger partial charge is 0.452 e. The highest BCUT2D eigenvalue weighted by Crippen LogP contribution is 2.60. The summed E-state index contributed by atoms with van der Waals surface area (Å²) in [5.74, 6) is -5.26. The summed E-state index contributed by atoms with van der Waals surface area (Å²) >= 11 is 0. The number of ether oxygens (including phenoxy) is 1. The third-order valence-corrected chi connectivity index (χ3v) is 22.2. The number of hydrogen-bond acceptors (Lipinski definition) is 6. The van der Waals surface area contributed by atoms with Gasteiger partial charge in [-0.05, 0) is 178 Å². The van der Waals surface area contributed by atoms with E-state index < -0.39 is 93.8 Å². The maximum atomic E-state index is 16.9. The first-order valence-electron chi connectivity index (χ1n) is 35.2. The fourth-order valence-corrected chi connectivity index (χ4v) is 17.6. The van der Waals surface area contributed by atoms with Crippen molar-refractivity contribution in [1.82, 2.24) is 0 Å². The van der Waals surface area contributed by atoms with Gasteiger partial charge in [-0.2, -0.15) is 0 Å². The number of rotatable bonds is 4. The van der Waals surface area contributed by atoms with Crippen molar-refractivity contribution in [3.63, 3.8) is 0 Å². The van der Waals surface area contributed by atoms with Crippen LogP contribution in [0.5, 0.6) is 11.5 Å². The molecule has 17 heteroatoms. The van der Waals surface area contributed by atoms with Gasteiger partial charge in [-0.15, -0.1) is 0 Å². The van der Waals surface area contributed by atoms with E-state index in [-0.39, 0.29) is 22.7 Å². The summed E-state index contributed by atoms with van der Waals surface area (Å²) in [4.78, 5) is 9.93. The van der Waals surface area contributed by atoms with Crippen LogP contribution in [0.15, 0.2) is 164 Å². The molecular weight excluding hydrogens is 1300 g/mol. The summed E-state index contributed by atoms with van der Waals surface area (Å²) in [7, 11) is 0. The Hall–Kier alpha value is -10.1. The van der Waals surface area contributed by atoms with Crippen molar-refractivity contribution in [2.75, 3.05) is 24.5 Å². The van der Waals surface area contributed by atoms with Crippen molar-refractivity contribution >= 4 is 155 Å². The summed E-state index contributed by atoms with van der Waals surface area (Å²) < 4.78 is 140. The monoisotopic (exact) mass is 1380 g/mol. The van der Waals surface area contributed by atoms with E-state index in [1.165, 1.54) is 48.5 Å². The van der Waals surface area contributed by atoms with Crippen molar-refractivity contribution in [2.24, 2.45) is 0 Å². The van der Waals surface area contributed by atoms with Crippen LogP contribution < -0.4 is 78.4 Å². The van der Waals surface area contributed by atoms with Gasteiger partial charge in [0, 0.05) is 86.6 Å². The minimum Gasteiger partial charge on any atom is -0.452 e. The Morgan fingerprint density at radius 1 is 0.243 bits per heavy atom. The van der Waals surface area contributed by atoms with E-state index >= 15 is 35.1 Å². The lowest BCUT2D eigenvalue weighted by Gasteiger charge is -2.53. The average molecular weight is 1380 g/mol. The lowest BCUT2D eigenvalue weighted by Crippen LogP contribution is -2.70. The minimum atomic E-state index is -0.861. The van der Waals surface area contributed by atoms with Crippen molar-refractivity contribution < 1.29 is 39.9 Å². The zero-order valence-corrected chi connectivity index (χ0v) is 60.0. The molecular formula is C86H72B3F8N5O. The molecule has 0 aliphatic carbocycles. The first-order chi connectivity index (χ1) is 48.5. The zero-order chi connectivity index (χ0) is 72.4. The normalized spacial score (nSPS) is 14.9. The molecule has 0 aromatic heterocycles. The predicted octanol–water partition coefficient (Wildman–Crippen LogP) is 18.2. The number of fused-ring (bicyclic) bond motifs is 10. The molecule has 0 saturated heterocycles. The second-order valence-electron chi connectivity index (χ2n) is 34.1. The Kier molecular flexibility index (Phi) is 13.4.